The van der Waals surface area contributed by atoms with Gasteiger partial charge in [-0.15, -0.1) is 0 Å². The molecule has 1 amide bonds. The van der Waals surface area contributed by atoms with Gasteiger partial charge < -0.3 is 19.9 Å². The Morgan fingerprint density at radius 1 is 1.25 bits per heavy atom. The zero-order valence-electron chi connectivity index (χ0n) is 14.8. The number of hydrogen-bond acceptors (Lipinski definition) is 4. The van der Waals surface area contributed by atoms with Crippen LogP contribution in [-0.4, -0.2) is 57.0 Å². The molecular weight excluding hydrogens is 302 g/mol. The first-order chi connectivity index (χ1) is 11.5. The summed E-state index contributed by atoms with van der Waals surface area (Å²) in [6.07, 6.45) is 0.732. The van der Waals surface area contributed by atoms with E-state index in [0.29, 0.717) is 0 Å². The van der Waals surface area contributed by atoms with Crippen molar-refractivity contribution in [2.75, 3.05) is 46.7 Å². The molecule has 0 bridgehead atoms. The quantitative estimate of drug-likeness (QED) is 0.829. The summed E-state index contributed by atoms with van der Waals surface area (Å²) >= 11 is 0. The van der Waals surface area contributed by atoms with Gasteiger partial charge in [-0.3, -0.25) is 4.79 Å². The molecule has 0 radical (unpaired) electrons. The van der Waals surface area contributed by atoms with Crippen LogP contribution in [0.4, 0.5) is 5.69 Å². The average molecular weight is 327 g/mol. The first-order valence-corrected chi connectivity index (χ1v) is 8.28. The summed E-state index contributed by atoms with van der Waals surface area (Å²) < 4.78 is 5.56. The summed E-state index contributed by atoms with van der Waals surface area (Å²) in [5.41, 5.74) is 2.86. The number of ether oxygens (including phenoxy) is 1. The third-order valence-electron chi connectivity index (χ3n) is 4.56. The van der Waals surface area contributed by atoms with Crippen LogP contribution in [0.5, 0.6) is 0 Å². The van der Waals surface area contributed by atoms with Crippen LogP contribution in [0.2, 0.25) is 0 Å². The smallest absolute Gasteiger partial charge is 0.256 e. The van der Waals surface area contributed by atoms with E-state index in [1.165, 1.54) is 0 Å². The number of amides is 1. The second-order valence-electron chi connectivity index (χ2n) is 6.52. The highest BCUT2D eigenvalue weighted by molar-refractivity contribution is 6.13. The van der Waals surface area contributed by atoms with E-state index in [0.717, 1.165) is 47.1 Å². The van der Waals surface area contributed by atoms with Crippen LogP contribution < -0.4 is 5.32 Å². The molecule has 2 aromatic rings. The van der Waals surface area contributed by atoms with Crippen molar-refractivity contribution in [1.29, 1.82) is 0 Å². The second kappa shape index (κ2) is 6.79. The van der Waals surface area contributed by atoms with Crippen LogP contribution in [-0.2, 0) is 4.74 Å². The van der Waals surface area contributed by atoms with Crippen molar-refractivity contribution in [1.82, 2.24) is 9.80 Å². The highest BCUT2D eigenvalue weighted by Crippen LogP contribution is 2.39. The van der Waals surface area contributed by atoms with E-state index in [9.17, 15) is 4.79 Å². The van der Waals surface area contributed by atoms with Gasteiger partial charge in [0.2, 0.25) is 0 Å². The average Bonchev–Trinajstić information content (AvgIpc) is 2.58. The van der Waals surface area contributed by atoms with Gasteiger partial charge in [-0.25, -0.2) is 0 Å². The molecule has 1 atom stereocenters. The zero-order valence-corrected chi connectivity index (χ0v) is 14.8. The van der Waals surface area contributed by atoms with Crippen molar-refractivity contribution >= 4 is 22.4 Å². The molecule has 1 heterocycles. The summed E-state index contributed by atoms with van der Waals surface area (Å²) in [4.78, 5) is 16.5. The molecule has 2 aromatic carbocycles. The minimum absolute atomic E-state index is 0.00436. The number of nitrogens with one attached hydrogen (secondary N) is 1. The fourth-order valence-corrected chi connectivity index (χ4v) is 3.38. The highest BCUT2D eigenvalue weighted by atomic mass is 16.5. The molecule has 0 aliphatic carbocycles. The fourth-order valence-electron chi connectivity index (χ4n) is 3.38. The standard InChI is InChI=1S/C19H25N3O2/c1-21(2)12-6-11-20-16-10-9-15-17-13(16)7-5-8-14(17)18(23)22(3)19(15)24-4/h5,7-10,19-20H,6,11-12H2,1-4H3. The second-order valence-corrected chi connectivity index (χ2v) is 6.52. The van der Waals surface area contributed by atoms with Crippen molar-refractivity contribution in [3.05, 3.63) is 41.5 Å². The van der Waals surface area contributed by atoms with Crippen molar-refractivity contribution in [3.8, 4) is 0 Å². The monoisotopic (exact) mass is 327 g/mol. The normalized spacial score (nSPS) is 17.0. The summed E-state index contributed by atoms with van der Waals surface area (Å²) in [6.45, 7) is 1.95. The Morgan fingerprint density at radius 2 is 2.04 bits per heavy atom. The minimum Gasteiger partial charge on any atom is -0.384 e. The third-order valence-corrected chi connectivity index (χ3v) is 4.56. The molecule has 1 unspecified atom stereocenters. The predicted molar refractivity (Wildman–Crippen MR) is 97.5 cm³/mol. The number of rotatable bonds is 6. The van der Waals surface area contributed by atoms with Gasteiger partial charge in [-0.2, -0.15) is 0 Å². The molecule has 0 spiro atoms. The molecule has 5 nitrogen and oxygen atoms in total. The Bertz CT molecular complexity index is 758. The van der Waals surface area contributed by atoms with Gasteiger partial charge in [0.25, 0.3) is 5.91 Å². The summed E-state index contributed by atoms with van der Waals surface area (Å²) in [7, 11) is 7.58. The predicted octanol–water partition coefficient (Wildman–Crippen LogP) is 2.93. The Labute approximate surface area is 143 Å². The van der Waals surface area contributed by atoms with Crippen molar-refractivity contribution < 1.29 is 9.53 Å². The Morgan fingerprint density at radius 3 is 2.75 bits per heavy atom. The molecular formula is C19H25N3O2. The first kappa shape index (κ1) is 16.7. The third kappa shape index (κ3) is 2.85. The lowest BCUT2D eigenvalue weighted by atomic mass is 9.92. The van der Waals surface area contributed by atoms with E-state index in [4.69, 9.17) is 4.74 Å². The lowest BCUT2D eigenvalue weighted by molar-refractivity contribution is -0.0121. The van der Waals surface area contributed by atoms with Gasteiger partial charge in [0, 0.05) is 48.3 Å². The van der Waals surface area contributed by atoms with E-state index in [2.05, 4.69) is 42.5 Å². The number of benzene rings is 2. The number of anilines is 1. The lowest BCUT2D eigenvalue weighted by Crippen LogP contribution is -2.36. The van der Waals surface area contributed by atoms with Crippen LogP contribution in [0, 0.1) is 0 Å². The van der Waals surface area contributed by atoms with Crippen molar-refractivity contribution in [3.63, 3.8) is 0 Å². The maximum atomic E-state index is 12.6. The van der Waals surface area contributed by atoms with Crippen LogP contribution in [0.15, 0.2) is 30.3 Å². The Balaban J connectivity index is 1.99. The topological polar surface area (TPSA) is 44.8 Å². The number of carbonyl (C=O) groups is 1. The molecule has 3 rings (SSSR count). The summed E-state index contributed by atoms with van der Waals surface area (Å²) in [6, 6.07) is 10.1. The van der Waals surface area contributed by atoms with Crippen LogP contribution in [0.25, 0.3) is 10.8 Å². The van der Waals surface area contributed by atoms with Crippen LogP contribution in [0.1, 0.15) is 28.6 Å². The van der Waals surface area contributed by atoms with E-state index >= 15 is 0 Å². The zero-order chi connectivity index (χ0) is 17.3. The van der Waals surface area contributed by atoms with Crippen LogP contribution in [0.3, 0.4) is 0 Å². The van der Waals surface area contributed by atoms with Crippen molar-refractivity contribution in [2.24, 2.45) is 0 Å². The molecule has 0 aromatic heterocycles. The van der Waals surface area contributed by atoms with E-state index < -0.39 is 0 Å². The fraction of sp³-hybridized carbons (Fsp3) is 0.421. The maximum absolute atomic E-state index is 12.6. The van der Waals surface area contributed by atoms with Gasteiger partial charge in [0.05, 0.1) is 0 Å². The molecule has 0 saturated carbocycles. The molecule has 0 saturated heterocycles. The number of nitrogens with zero attached hydrogens (tertiary/aromatic N) is 2. The van der Waals surface area contributed by atoms with Gasteiger partial charge in [-0.05, 0) is 39.2 Å². The van der Waals surface area contributed by atoms with Gasteiger partial charge in [-0.1, -0.05) is 18.2 Å². The van der Waals surface area contributed by atoms with Gasteiger partial charge in [0.15, 0.2) is 6.23 Å². The lowest BCUT2D eigenvalue weighted by Gasteiger charge is -2.33. The number of methoxy groups -OCH3 is 1. The summed E-state index contributed by atoms with van der Waals surface area (Å²) in [5, 5.41) is 5.60. The molecule has 1 N–H and O–H groups in total. The van der Waals surface area contributed by atoms with E-state index in [1.807, 2.05) is 12.1 Å². The largest absolute Gasteiger partial charge is 0.384 e. The molecule has 24 heavy (non-hydrogen) atoms. The first-order valence-electron chi connectivity index (χ1n) is 8.28. The Kier molecular flexibility index (Phi) is 4.73. The highest BCUT2D eigenvalue weighted by Gasteiger charge is 2.31. The molecule has 0 fully saturated rings. The SMILES string of the molecule is COC1c2ccc(NCCCN(C)C)c3cccc(c23)C(=O)N1C. The number of hydrogen-bond donors (Lipinski definition) is 1. The molecule has 5 heteroatoms. The van der Waals surface area contributed by atoms with Crippen molar-refractivity contribution in [2.45, 2.75) is 12.6 Å². The van der Waals surface area contributed by atoms with Crippen LogP contribution >= 0.6 is 0 Å². The Hall–Kier alpha value is -2.11. The van der Waals surface area contributed by atoms with Gasteiger partial charge >= 0.3 is 0 Å². The molecule has 1 aliphatic heterocycles. The maximum Gasteiger partial charge on any atom is 0.256 e. The van der Waals surface area contributed by atoms with E-state index in [-0.39, 0.29) is 12.1 Å². The molecule has 128 valence electrons. The number of carbonyl (C=O) groups excluding carboxylic acids is 1. The van der Waals surface area contributed by atoms with E-state index in [1.54, 1.807) is 19.1 Å². The molecule has 1 aliphatic rings. The minimum atomic E-state index is -0.335. The summed E-state index contributed by atoms with van der Waals surface area (Å²) in [5.74, 6) is 0.00436. The van der Waals surface area contributed by atoms with Gasteiger partial charge in [0.1, 0.15) is 0 Å².